The highest BCUT2D eigenvalue weighted by Crippen LogP contribution is 2.24. The molecule has 0 saturated carbocycles. The van der Waals surface area contributed by atoms with E-state index in [1.807, 2.05) is 61.5 Å². The predicted octanol–water partition coefficient (Wildman–Crippen LogP) is 4.71. The first kappa shape index (κ1) is 14.8. The fraction of sp³-hybridized carbons (Fsp3) is 0.235. The minimum absolute atomic E-state index is 0.0482. The maximum absolute atomic E-state index is 12.5. The molecule has 1 atom stereocenters. The van der Waals surface area contributed by atoms with E-state index in [1.54, 1.807) is 0 Å². The van der Waals surface area contributed by atoms with Gasteiger partial charge in [0.25, 0.3) is 0 Å². The van der Waals surface area contributed by atoms with Crippen molar-refractivity contribution < 1.29 is 4.79 Å². The van der Waals surface area contributed by atoms with E-state index in [4.69, 9.17) is 0 Å². The van der Waals surface area contributed by atoms with E-state index in [0.29, 0.717) is 0 Å². The number of anilines is 1. The number of amides is 1. The normalized spacial score (nSPS) is 11.9. The van der Waals surface area contributed by atoms with Crippen molar-refractivity contribution in [3.05, 3.63) is 65.7 Å². The molecule has 3 heteroatoms. The molecular weight excluding hydrogens is 314 g/mol. The molecule has 1 unspecified atom stereocenters. The molecule has 0 aliphatic carbocycles. The van der Waals surface area contributed by atoms with Crippen molar-refractivity contribution in [2.75, 3.05) is 5.32 Å². The van der Waals surface area contributed by atoms with Crippen LogP contribution in [0, 0.1) is 0 Å². The Hall–Kier alpha value is -1.61. The molecule has 0 bridgehead atoms. The third-order valence-corrected chi connectivity index (χ3v) is 3.95. The number of para-hydroxylation sites is 1. The molecule has 1 amide bonds. The lowest BCUT2D eigenvalue weighted by Crippen LogP contribution is -2.21. The Balaban J connectivity index is 2.18. The fourth-order valence-electron chi connectivity index (χ4n) is 2.24. The Morgan fingerprint density at radius 2 is 1.75 bits per heavy atom. The lowest BCUT2D eigenvalue weighted by molar-refractivity contribution is -0.117. The third-order valence-electron chi connectivity index (χ3n) is 3.35. The van der Waals surface area contributed by atoms with Gasteiger partial charge in [-0.2, -0.15) is 0 Å². The van der Waals surface area contributed by atoms with E-state index in [0.717, 1.165) is 28.6 Å². The van der Waals surface area contributed by atoms with Crippen LogP contribution in [-0.4, -0.2) is 5.91 Å². The second kappa shape index (κ2) is 7.25. The van der Waals surface area contributed by atoms with Gasteiger partial charge in [-0.3, -0.25) is 4.79 Å². The van der Waals surface area contributed by atoms with Crippen molar-refractivity contribution >= 4 is 27.5 Å². The molecule has 2 aromatic carbocycles. The number of carbonyl (C=O) groups is 1. The third kappa shape index (κ3) is 3.48. The number of hydrogen-bond acceptors (Lipinski definition) is 1. The van der Waals surface area contributed by atoms with Crippen LogP contribution in [0.1, 0.15) is 30.4 Å². The summed E-state index contributed by atoms with van der Waals surface area (Å²) in [6.45, 7) is 2.04. The monoisotopic (exact) mass is 331 g/mol. The molecule has 20 heavy (non-hydrogen) atoms. The molecule has 0 fully saturated rings. The Labute approximate surface area is 128 Å². The van der Waals surface area contributed by atoms with Crippen LogP contribution in [0.3, 0.4) is 0 Å². The predicted molar refractivity (Wildman–Crippen MR) is 87.2 cm³/mol. The first-order valence-corrected chi connectivity index (χ1v) is 7.88. The van der Waals surface area contributed by atoms with Gasteiger partial charge < -0.3 is 5.32 Å². The second-order valence-electron chi connectivity index (χ2n) is 4.65. The van der Waals surface area contributed by atoms with Crippen LogP contribution in [0.2, 0.25) is 0 Å². The molecule has 104 valence electrons. The van der Waals surface area contributed by atoms with E-state index >= 15 is 0 Å². The number of hydrogen-bond donors (Lipinski definition) is 1. The maximum Gasteiger partial charge on any atom is 0.231 e. The molecule has 1 N–H and O–H groups in total. The van der Waals surface area contributed by atoms with Gasteiger partial charge in [0.05, 0.1) is 5.92 Å². The van der Waals surface area contributed by atoms with E-state index in [-0.39, 0.29) is 11.8 Å². The molecular formula is C17H18BrNO. The average molecular weight is 332 g/mol. The van der Waals surface area contributed by atoms with Gasteiger partial charge in [0.15, 0.2) is 0 Å². The Morgan fingerprint density at radius 1 is 1.10 bits per heavy atom. The van der Waals surface area contributed by atoms with Gasteiger partial charge in [-0.1, -0.05) is 71.4 Å². The molecule has 2 nitrogen and oxygen atoms in total. The van der Waals surface area contributed by atoms with Crippen LogP contribution < -0.4 is 5.32 Å². The number of rotatable bonds is 5. The van der Waals surface area contributed by atoms with Gasteiger partial charge in [-0.25, -0.2) is 0 Å². The number of halogens is 1. The van der Waals surface area contributed by atoms with Crippen molar-refractivity contribution in [2.45, 2.75) is 24.6 Å². The summed E-state index contributed by atoms with van der Waals surface area (Å²) in [5, 5.41) is 3.77. The Morgan fingerprint density at radius 3 is 2.40 bits per heavy atom. The standard InChI is InChI=1S/C17H18BrNO/c1-2-15(13-8-4-3-5-9-13)17(20)19-16-11-7-6-10-14(16)12-18/h3-11,15H,2,12H2,1H3,(H,19,20). The molecule has 0 heterocycles. The molecule has 0 radical (unpaired) electrons. The van der Waals surface area contributed by atoms with Crippen LogP contribution in [0.25, 0.3) is 0 Å². The molecule has 0 aliphatic heterocycles. The smallest absolute Gasteiger partial charge is 0.231 e. The molecule has 0 saturated heterocycles. The highest BCUT2D eigenvalue weighted by atomic mass is 79.9. The number of nitrogens with one attached hydrogen (secondary N) is 1. The van der Waals surface area contributed by atoms with Crippen molar-refractivity contribution in [3.8, 4) is 0 Å². The fourth-order valence-corrected chi connectivity index (χ4v) is 2.73. The molecule has 0 spiro atoms. The molecule has 0 aromatic heterocycles. The Bertz CT molecular complexity index is 568. The summed E-state index contributed by atoms with van der Waals surface area (Å²) in [7, 11) is 0. The zero-order chi connectivity index (χ0) is 14.4. The van der Waals surface area contributed by atoms with Gasteiger partial charge in [-0.05, 0) is 23.6 Å². The van der Waals surface area contributed by atoms with Gasteiger partial charge in [0.1, 0.15) is 0 Å². The minimum atomic E-state index is -0.111. The summed E-state index contributed by atoms with van der Waals surface area (Å²) < 4.78 is 0. The van der Waals surface area contributed by atoms with Crippen LogP contribution in [0.4, 0.5) is 5.69 Å². The first-order valence-electron chi connectivity index (χ1n) is 6.76. The summed E-state index contributed by atoms with van der Waals surface area (Å²) in [6.07, 6.45) is 0.784. The lowest BCUT2D eigenvalue weighted by atomic mass is 9.95. The average Bonchev–Trinajstić information content (AvgIpc) is 2.49. The number of alkyl halides is 1. The molecule has 2 rings (SSSR count). The van der Waals surface area contributed by atoms with E-state index in [9.17, 15) is 4.79 Å². The summed E-state index contributed by atoms with van der Waals surface area (Å²) in [5.74, 6) is -0.0633. The highest BCUT2D eigenvalue weighted by Gasteiger charge is 2.19. The van der Waals surface area contributed by atoms with E-state index < -0.39 is 0 Å². The van der Waals surface area contributed by atoms with Gasteiger partial charge in [0, 0.05) is 11.0 Å². The van der Waals surface area contributed by atoms with Gasteiger partial charge in [-0.15, -0.1) is 0 Å². The van der Waals surface area contributed by atoms with Crippen LogP contribution in [0.5, 0.6) is 0 Å². The largest absolute Gasteiger partial charge is 0.325 e. The van der Waals surface area contributed by atoms with Crippen LogP contribution in [-0.2, 0) is 10.1 Å². The summed E-state index contributed by atoms with van der Waals surface area (Å²) in [6, 6.07) is 17.8. The molecule has 2 aromatic rings. The summed E-state index contributed by atoms with van der Waals surface area (Å²) >= 11 is 3.45. The van der Waals surface area contributed by atoms with Crippen molar-refractivity contribution in [2.24, 2.45) is 0 Å². The van der Waals surface area contributed by atoms with Gasteiger partial charge >= 0.3 is 0 Å². The SMILES string of the molecule is CCC(C(=O)Nc1ccccc1CBr)c1ccccc1. The highest BCUT2D eigenvalue weighted by molar-refractivity contribution is 9.08. The lowest BCUT2D eigenvalue weighted by Gasteiger charge is -2.16. The van der Waals surface area contributed by atoms with E-state index in [1.165, 1.54) is 0 Å². The Kier molecular flexibility index (Phi) is 5.36. The topological polar surface area (TPSA) is 29.1 Å². The van der Waals surface area contributed by atoms with E-state index in [2.05, 4.69) is 21.2 Å². The van der Waals surface area contributed by atoms with Crippen molar-refractivity contribution in [1.82, 2.24) is 0 Å². The second-order valence-corrected chi connectivity index (χ2v) is 5.21. The van der Waals surface area contributed by atoms with Crippen molar-refractivity contribution in [3.63, 3.8) is 0 Å². The minimum Gasteiger partial charge on any atom is -0.325 e. The zero-order valence-corrected chi connectivity index (χ0v) is 13.1. The number of carbonyl (C=O) groups excluding carboxylic acids is 1. The summed E-state index contributed by atoms with van der Waals surface area (Å²) in [4.78, 5) is 12.5. The summed E-state index contributed by atoms with van der Waals surface area (Å²) in [5.41, 5.74) is 3.02. The van der Waals surface area contributed by atoms with Crippen LogP contribution >= 0.6 is 15.9 Å². The van der Waals surface area contributed by atoms with Crippen LogP contribution in [0.15, 0.2) is 54.6 Å². The first-order chi connectivity index (χ1) is 9.76. The maximum atomic E-state index is 12.5. The quantitative estimate of drug-likeness (QED) is 0.789. The molecule has 0 aliphatic rings. The zero-order valence-electron chi connectivity index (χ0n) is 11.5. The van der Waals surface area contributed by atoms with Gasteiger partial charge in [0.2, 0.25) is 5.91 Å². The number of benzene rings is 2. The van der Waals surface area contributed by atoms with Crippen molar-refractivity contribution in [1.29, 1.82) is 0 Å².